The second-order valence-electron chi connectivity index (χ2n) is 5.44. The van der Waals surface area contributed by atoms with Crippen LogP contribution in [0.25, 0.3) is 6.08 Å². The van der Waals surface area contributed by atoms with Crippen LogP contribution in [0.3, 0.4) is 0 Å². The molecule has 0 radical (unpaired) electrons. The van der Waals surface area contributed by atoms with Crippen LogP contribution in [-0.2, 0) is 0 Å². The van der Waals surface area contributed by atoms with Gasteiger partial charge in [0.15, 0.2) is 5.78 Å². The molecule has 1 heterocycles. The molecule has 0 aliphatic carbocycles. The van der Waals surface area contributed by atoms with E-state index in [4.69, 9.17) is 14.2 Å². The number of carbonyl (C=O) groups excluding carboxylic acids is 1. The third-order valence-corrected chi connectivity index (χ3v) is 3.96. The Labute approximate surface area is 143 Å². The molecular formula is C19H16F2O4. The molecular weight excluding hydrogens is 330 g/mol. The van der Waals surface area contributed by atoms with Crippen LogP contribution in [0.1, 0.15) is 22.3 Å². The van der Waals surface area contributed by atoms with Gasteiger partial charge in [0.2, 0.25) is 0 Å². The fourth-order valence-electron chi connectivity index (χ4n) is 2.69. The highest BCUT2D eigenvalue weighted by Crippen LogP contribution is 2.38. The first-order chi connectivity index (χ1) is 12.0. The maximum Gasteiger partial charge on any atom is 0.196 e. The molecule has 0 bridgehead atoms. The van der Waals surface area contributed by atoms with E-state index in [1.165, 1.54) is 26.4 Å². The Hall–Kier alpha value is -2.89. The average molecular weight is 346 g/mol. The lowest BCUT2D eigenvalue weighted by molar-refractivity contribution is 0.103. The van der Waals surface area contributed by atoms with Crippen molar-refractivity contribution in [1.29, 1.82) is 0 Å². The van der Waals surface area contributed by atoms with Crippen LogP contribution in [0, 0.1) is 11.6 Å². The molecule has 6 heteroatoms. The van der Waals surface area contributed by atoms with Crippen LogP contribution in [0.5, 0.6) is 17.2 Å². The Kier molecular flexibility index (Phi) is 4.70. The molecule has 3 rings (SSSR count). The molecule has 0 amide bonds. The molecule has 130 valence electrons. The molecule has 0 saturated heterocycles. The number of halogens is 2. The number of hydrogen-bond donors (Lipinski definition) is 0. The van der Waals surface area contributed by atoms with Crippen LogP contribution < -0.4 is 14.2 Å². The molecule has 25 heavy (non-hydrogen) atoms. The summed E-state index contributed by atoms with van der Waals surface area (Å²) in [7, 11) is 2.92. The van der Waals surface area contributed by atoms with Gasteiger partial charge in [0.25, 0.3) is 0 Å². The zero-order valence-electron chi connectivity index (χ0n) is 13.8. The van der Waals surface area contributed by atoms with Crippen molar-refractivity contribution in [2.24, 2.45) is 0 Å². The molecule has 4 nitrogen and oxygen atoms in total. The Morgan fingerprint density at radius 2 is 1.84 bits per heavy atom. The molecule has 0 N–H and O–H groups in total. The van der Waals surface area contributed by atoms with Crippen LogP contribution in [-0.4, -0.2) is 26.6 Å². The van der Waals surface area contributed by atoms with E-state index in [1.807, 2.05) is 0 Å². The van der Waals surface area contributed by atoms with Gasteiger partial charge in [-0.15, -0.1) is 0 Å². The first-order valence-corrected chi connectivity index (χ1v) is 7.63. The van der Waals surface area contributed by atoms with Gasteiger partial charge in [-0.25, -0.2) is 8.78 Å². The normalized spacial score (nSPS) is 15.4. The van der Waals surface area contributed by atoms with Crippen molar-refractivity contribution >= 4 is 11.9 Å². The fourth-order valence-corrected chi connectivity index (χ4v) is 2.69. The van der Waals surface area contributed by atoms with Crippen molar-refractivity contribution in [2.45, 2.75) is 6.42 Å². The summed E-state index contributed by atoms with van der Waals surface area (Å²) in [5.41, 5.74) is 0.205. The van der Waals surface area contributed by atoms with Gasteiger partial charge in [-0.3, -0.25) is 4.79 Å². The Bertz CT molecular complexity index is 838. The summed E-state index contributed by atoms with van der Waals surface area (Å²) in [6, 6.07) is 6.71. The average Bonchev–Trinajstić information content (AvgIpc) is 2.76. The van der Waals surface area contributed by atoms with E-state index in [9.17, 15) is 13.6 Å². The largest absolute Gasteiger partial charge is 0.496 e. The third kappa shape index (κ3) is 3.20. The van der Waals surface area contributed by atoms with Crippen LogP contribution in [0.4, 0.5) is 8.78 Å². The molecule has 0 unspecified atom stereocenters. The van der Waals surface area contributed by atoms with Crippen molar-refractivity contribution in [1.82, 2.24) is 0 Å². The predicted octanol–water partition coefficient (Wildman–Crippen LogP) is 4.03. The van der Waals surface area contributed by atoms with Gasteiger partial charge in [-0.05, 0) is 18.2 Å². The van der Waals surface area contributed by atoms with Crippen LogP contribution in [0.2, 0.25) is 0 Å². The minimum Gasteiger partial charge on any atom is -0.496 e. The number of methoxy groups -OCH3 is 2. The summed E-state index contributed by atoms with van der Waals surface area (Å²) in [5.74, 6) is -0.773. The number of Topliss-reactive ketones (excluding diaryl/α,β-unsaturated/α-hetero) is 1. The van der Waals surface area contributed by atoms with Gasteiger partial charge in [0, 0.05) is 29.7 Å². The van der Waals surface area contributed by atoms with Crippen LogP contribution >= 0.6 is 0 Å². The van der Waals surface area contributed by atoms with E-state index >= 15 is 0 Å². The summed E-state index contributed by atoms with van der Waals surface area (Å²) >= 11 is 0. The van der Waals surface area contributed by atoms with Gasteiger partial charge in [-0.2, -0.15) is 0 Å². The van der Waals surface area contributed by atoms with E-state index in [1.54, 1.807) is 12.1 Å². The van der Waals surface area contributed by atoms with Gasteiger partial charge in [0.1, 0.15) is 34.4 Å². The highest BCUT2D eigenvalue weighted by atomic mass is 19.1. The zero-order valence-corrected chi connectivity index (χ0v) is 13.8. The zero-order chi connectivity index (χ0) is 18.0. The Balaban J connectivity index is 2.12. The van der Waals surface area contributed by atoms with Gasteiger partial charge >= 0.3 is 0 Å². The highest BCUT2D eigenvalue weighted by molar-refractivity contribution is 6.15. The number of hydrogen-bond acceptors (Lipinski definition) is 4. The van der Waals surface area contributed by atoms with Crippen molar-refractivity contribution < 1.29 is 27.8 Å². The van der Waals surface area contributed by atoms with Gasteiger partial charge in [-0.1, -0.05) is 6.07 Å². The first-order valence-electron chi connectivity index (χ1n) is 7.63. The topological polar surface area (TPSA) is 44.8 Å². The number of benzene rings is 2. The number of carbonyl (C=O) groups is 1. The third-order valence-electron chi connectivity index (χ3n) is 3.96. The minimum atomic E-state index is -0.729. The highest BCUT2D eigenvalue weighted by Gasteiger charge is 2.27. The van der Waals surface area contributed by atoms with Crippen molar-refractivity contribution in [3.8, 4) is 17.2 Å². The molecule has 2 aromatic rings. The van der Waals surface area contributed by atoms with E-state index in [0.29, 0.717) is 11.5 Å². The maximum absolute atomic E-state index is 13.9. The number of ether oxygens (including phenoxy) is 3. The summed E-state index contributed by atoms with van der Waals surface area (Å²) < 4.78 is 43.9. The summed E-state index contributed by atoms with van der Waals surface area (Å²) in [6.45, 7) is 0.191. The van der Waals surface area contributed by atoms with Gasteiger partial charge < -0.3 is 14.2 Å². The summed E-state index contributed by atoms with van der Waals surface area (Å²) in [6.07, 6.45) is 1.45. The Morgan fingerprint density at radius 3 is 2.48 bits per heavy atom. The number of rotatable bonds is 3. The lowest BCUT2D eigenvalue weighted by Gasteiger charge is -2.13. The first kappa shape index (κ1) is 17.0. The monoisotopic (exact) mass is 346 g/mol. The van der Waals surface area contributed by atoms with E-state index in [-0.39, 0.29) is 35.5 Å². The fraction of sp³-hybridized carbons (Fsp3) is 0.211. The van der Waals surface area contributed by atoms with E-state index in [0.717, 1.165) is 12.1 Å². The van der Waals surface area contributed by atoms with Gasteiger partial charge in [0.05, 0.1) is 20.8 Å². The molecule has 1 aliphatic heterocycles. The minimum absolute atomic E-state index is 0.191. The van der Waals surface area contributed by atoms with E-state index < -0.39 is 17.4 Å². The summed E-state index contributed by atoms with van der Waals surface area (Å²) in [5, 5.41) is 0. The molecule has 0 fully saturated rings. The second kappa shape index (κ2) is 6.93. The van der Waals surface area contributed by atoms with Crippen molar-refractivity contribution in [3.63, 3.8) is 0 Å². The standard InChI is InChI=1S/C19H16F2O4/c1-23-12-9-16(24-2)18-17(10-12)25-7-6-11(19(18)22)8-13-14(20)4-3-5-15(13)21/h3-5,8-10H,6-7H2,1-2H3/b11-8+. The molecule has 0 saturated carbocycles. The van der Waals surface area contributed by atoms with Crippen molar-refractivity contribution in [3.05, 3.63) is 58.7 Å². The SMILES string of the molecule is COc1cc(OC)c2c(c1)OCC/C(=C\c1c(F)cccc1F)C2=O. The molecule has 2 aromatic carbocycles. The molecule has 0 aromatic heterocycles. The quantitative estimate of drug-likeness (QED) is 0.787. The van der Waals surface area contributed by atoms with Crippen LogP contribution in [0.15, 0.2) is 35.9 Å². The maximum atomic E-state index is 13.9. The summed E-state index contributed by atoms with van der Waals surface area (Å²) in [4.78, 5) is 12.9. The molecule has 0 spiro atoms. The molecule has 1 aliphatic rings. The number of fused-ring (bicyclic) bond motifs is 1. The Morgan fingerprint density at radius 1 is 1.12 bits per heavy atom. The molecule has 0 atom stereocenters. The smallest absolute Gasteiger partial charge is 0.196 e. The number of ketones is 1. The lowest BCUT2D eigenvalue weighted by Crippen LogP contribution is -2.05. The lowest BCUT2D eigenvalue weighted by atomic mass is 9.97. The second-order valence-corrected chi connectivity index (χ2v) is 5.44. The van der Waals surface area contributed by atoms with E-state index in [2.05, 4.69) is 0 Å². The predicted molar refractivity (Wildman–Crippen MR) is 88.3 cm³/mol. The van der Waals surface area contributed by atoms with Crippen molar-refractivity contribution in [2.75, 3.05) is 20.8 Å².